The van der Waals surface area contributed by atoms with Crippen molar-refractivity contribution in [3.05, 3.63) is 42.2 Å². The van der Waals surface area contributed by atoms with Crippen LogP contribution < -0.4 is 0 Å². The SMILES string of the molecule is CC(C)(C)S(=O)c1c(F)ccc2ccccc12. The minimum atomic E-state index is -1.36. The van der Waals surface area contributed by atoms with Crippen LogP contribution in [-0.4, -0.2) is 8.96 Å². The van der Waals surface area contributed by atoms with E-state index in [9.17, 15) is 8.60 Å². The molecule has 90 valence electrons. The van der Waals surface area contributed by atoms with Crippen molar-refractivity contribution in [1.82, 2.24) is 0 Å². The fourth-order valence-electron chi connectivity index (χ4n) is 1.71. The number of halogens is 1. The largest absolute Gasteiger partial charge is 0.254 e. The van der Waals surface area contributed by atoms with E-state index in [2.05, 4.69) is 0 Å². The summed E-state index contributed by atoms with van der Waals surface area (Å²) in [4.78, 5) is 0.315. The van der Waals surface area contributed by atoms with Crippen LogP contribution in [0.25, 0.3) is 10.8 Å². The van der Waals surface area contributed by atoms with Crippen molar-refractivity contribution in [3.63, 3.8) is 0 Å². The molecular formula is C14H15FOS. The Kier molecular flexibility index (Phi) is 3.04. The third kappa shape index (κ3) is 2.25. The zero-order valence-corrected chi connectivity index (χ0v) is 11.0. The average molecular weight is 250 g/mol. The van der Waals surface area contributed by atoms with Crippen LogP contribution in [0.3, 0.4) is 0 Å². The van der Waals surface area contributed by atoms with E-state index in [1.54, 1.807) is 6.07 Å². The van der Waals surface area contributed by atoms with E-state index in [4.69, 9.17) is 0 Å². The van der Waals surface area contributed by atoms with Crippen molar-refractivity contribution in [2.45, 2.75) is 30.4 Å². The molecule has 0 aromatic heterocycles. The van der Waals surface area contributed by atoms with Crippen LogP contribution in [0.5, 0.6) is 0 Å². The van der Waals surface area contributed by atoms with Gasteiger partial charge in [0.2, 0.25) is 0 Å². The monoisotopic (exact) mass is 250 g/mol. The molecule has 0 heterocycles. The van der Waals surface area contributed by atoms with Gasteiger partial charge < -0.3 is 0 Å². The number of hydrogen-bond donors (Lipinski definition) is 0. The Hall–Kier alpha value is -1.22. The second kappa shape index (κ2) is 4.22. The molecule has 0 radical (unpaired) electrons. The van der Waals surface area contributed by atoms with Gasteiger partial charge >= 0.3 is 0 Å². The molecule has 2 rings (SSSR count). The summed E-state index contributed by atoms with van der Waals surface area (Å²) in [5.74, 6) is -0.392. The van der Waals surface area contributed by atoms with Crippen molar-refractivity contribution < 1.29 is 8.60 Å². The van der Waals surface area contributed by atoms with Gasteiger partial charge in [0.25, 0.3) is 0 Å². The summed E-state index contributed by atoms with van der Waals surface area (Å²) in [6, 6.07) is 10.6. The fourth-order valence-corrected chi connectivity index (χ4v) is 2.95. The highest BCUT2D eigenvalue weighted by Gasteiger charge is 2.25. The highest BCUT2D eigenvalue weighted by atomic mass is 32.2. The Morgan fingerprint density at radius 2 is 1.71 bits per heavy atom. The molecule has 0 N–H and O–H groups in total. The van der Waals surface area contributed by atoms with Crippen LogP contribution in [0.15, 0.2) is 41.3 Å². The van der Waals surface area contributed by atoms with E-state index in [1.165, 1.54) is 6.07 Å². The normalized spacial score (nSPS) is 13.9. The quantitative estimate of drug-likeness (QED) is 0.750. The van der Waals surface area contributed by atoms with Gasteiger partial charge in [-0.3, -0.25) is 4.21 Å². The second-order valence-corrected chi connectivity index (χ2v) is 7.15. The molecule has 0 aliphatic heterocycles. The molecular weight excluding hydrogens is 235 g/mol. The Morgan fingerprint density at radius 3 is 2.35 bits per heavy atom. The maximum atomic E-state index is 13.9. The highest BCUT2D eigenvalue weighted by molar-refractivity contribution is 7.86. The van der Waals surface area contributed by atoms with Gasteiger partial charge in [-0.15, -0.1) is 0 Å². The third-order valence-electron chi connectivity index (χ3n) is 2.57. The first-order chi connectivity index (χ1) is 7.91. The molecule has 0 spiro atoms. The molecule has 0 bridgehead atoms. The van der Waals surface area contributed by atoms with Gasteiger partial charge in [-0.1, -0.05) is 30.3 Å². The van der Waals surface area contributed by atoms with E-state index in [1.807, 2.05) is 45.0 Å². The van der Waals surface area contributed by atoms with Crippen LogP contribution in [0.1, 0.15) is 20.8 Å². The molecule has 0 saturated carbocycles. The molecule has 1 atom stereocenters. The first-order valence-electron chi connectivity index (χ1n) is 5.50. The standard InChI is InChI=1S/C14H15FOS/c1-14(2,3)17(16)13-11-7-5-4-6-10(11)8-9-12(13)15/h4-9H,1-3H3. The van der Waals surface area contributed by atoms with Crippen molar-refractivity contribution in [1.29, 1.82) is 0 Å². The number of fused-ring (bicyclic) bond motifs is 1. The third-order valence-corrected chi connectivity index (χ3v) is 4.47. The summed E-state index contributed by atoms with van der Waals surface area (Å²) >= 11 is 0. The van der Waals surface area contributed by atoms with Gasteiger partial charge in [0, 0.05) is 10.1 Å². The van der Waals surface area contributed by atoms with Gasteiger partial charge in [0.1, 0.15) is 5.82 Å². The van der Waals surface area contributed by atoms with Gasteiger partial charge in [0.05, 0.1) is 15.7 Å². The Bertz CT molecular complexity index is 584. The van der Waals surface area contributed by atoms with Crippen molar-refractivity contribution in [2.24, 2.45) is 0 Å². The Morgan fingerprint density at radius 1 is 1.06 bits per heavy atom. The highest BCUT2D eigenvalue weighted by Crippen LogP contribution is 2.29. The first-order valence-corrected chi connectivity index (χ1v) is 6.65. The lowest BCUT2D eigenvalue weighted by molar-refractivity contribution is 0.592. The van der Waals surface area contributed by atoms with Crippen LogP contribution in [0.2, 0.25) is 0 Å². The molecule has 17 heavy (non-hydrogen) atoms. The van der Waals surface area contributed by atoms with Crippen molar-refractivity contribution >= 4 is 21.6 Å². The van der Waals surface area contributed by atoms with Crippen LogP contribution in [0, 0.1) is 5.82 Å². The van der Waals surface area contributed by atoms with Crippen LogP contribution in [-0.2, 0) is 10.8 Å². The van der Waals surface area contributed by atoms with Gasteiger partial charge in [-0.25, -0.2) is 4.39 Å². The summed E-state index contributed by atoms with van der Waals surface area (Å²) in [6.07, 6.45) is 0. The molecule has 0 aliphatic carbocycles. The zero-order valence-electron chi connectivity index (χ0n) is 10.2. The second-order valence-electron chi connectivity index (χ2n) is 4.98. The summed E-state index contributed by atoms with van der Waals surface area (Å²) < 4.78 is 25.8. The van der Waals surface area contributed by atoms with Gasteiger partial charge in [-0.05, 0) is 32.2 Å². The molecule has 0 saturated heterocycles. The number of hydrogen-bond acceptors (Lipinski definition) is 1. The van der Waals surface area contributed by atoms with E-state index >= 15 is 0 Å². The molecule has 2 aromatic rings. The molecule has 1 unspecified atom stereocenters. The minimum absolute atomic E-state index is 0.315. The van der Waals surface area contributed by atoms with E-state index in [0.29, 0.717) is 4.90 Å². The maximum absolute atomic E-state index is 13.9. The summed E-state index contributed by atoms with van der Waals surface area (Å²) in [5, 5.41) is 1.65. The van der Waals surface area contributed by atoms with E-state index in [0.717, 1.165) is 10.8 Å². The summed E-state index contributed by atoms with van der Waals surface area (Å²) in [7, 11) is -1.36. The lowest BCUT2D eigenvalue weighted by atomic mass is 10.1. The van der Waals surface area contributed by atoms with Crippen molar-refractivity contribution in [3.8, 4) is 0 Å². The maximum Gasteiger partial charge on any atom is 0.139 e. The van der Waals surface area contributed by atoms with Crippen LogP contribution >= 0.6 is 0 Å². The smallest absolute Gasteiger partial charge is 0.139 e. The number of benzene rings is 2. The van der Waals surface area contributed by atoms with Gasteiger partial charge in [0.15, 0.2) is 0 Å². The zero-order chi connectivity index (χ0) is 12.6. The molecule has 3 heteroatoms. The lowest BCUT2D eigenvalue weighted by Crippen LogP contribution is -2.22. The van der Waals surface area contributed by atoms with Gasteiger partial charge in [-0.2, -0.15) is 0 Å². The fraction of sp³-hybridized carbons (Fsp3) is 0.286. The molecule has 0 fully saturated rings. The number of rotatable bonds is 1. The van der Waals surface area contributed by atoms with E-state index in [-0.39, 0.29) is 0 Å². The minimum Gasteiger partial charge on any atom is -0.254 e. The topological polar surface area (TPSA) is 17.1 Å². The predicted molar refractivity (Wildman–Crippen MR) is 70.1 cm³/mol. The predicted octanol–water partition coefficient (Wildman–Crippen LogP) is 3.89. The lowest BCUT2D eigenvalue weighted by Gasteiger charge is -2.19. The van der Waals surface area contributed by atoms with Crippen LogP contribution in [0.4, 0.5) is 4.39 Å². The molecule has 1 nitrogen and oxygen atoms in total. The summed E-state index contributed by atoms with van der Waals surface area (Å²) in [5.41, 5.74) is 0. The summed E-state index contributed by atoms with van der Waals surface area (Å²) in [6.45, 7) is 5.55. The molecule has 0 amide bonds. The molecule has 0 aliphatic rings. The average Bonchev–Trinajstić information content (AvgIpc) is 2.27. The Labute approximate surface area is 103 Å². The first kappa shape index (κ1) is 12.2. The molecule has 2 aromatic carbocycles. The van der Waals surface area contributed by atoms with Crippen molar-refractivity contribution in [2.75, 3.05) is 0 Å². The van der Waals surface area contributed by atoms with E-state index < -0.39 is 21.4 Å². The Balaban J connectivity index is 2.76.